The zero-order valence-corrected chi connectivity index (χ0v) is 21.4. The van der Waals surface area contributed by atoms with Gasteiger partial charge in [0.2, 0.25) is 5.13 Å². The molecule has 0 aliphatic carbocycles. The molecule has 1 fully saturated rings. The van der Waals surface area contributed by atoms with Gasteiger partial charge in [-0.05, 0) is 30.0 Å². The van der Waals surface area contributed by atoms with Crippen LogP contribution in [-0.2, 0) is 4.79 Å². The number of nitro benzene ring substituents is 1. The van der Waals surface area contributed by atoms with E-state index in [1.54, 1.807) is 24.3 Å². The largest absolute Gasteiger partial charge is 0.457 e. The van der Waals surface area contributed by atoms with Crippen LogP contribution in [0.4, 0.5) is 10.8 Å². The van der Waals surface area contributed by atoms with Gasteiger partial charge in [-0.25, -0.2) is 4.98 Å². The Bertz CT molecular complexity index is 1580. The van der Waals surface area contributed by atoms with Crippen molar-refractivity contribution in [3.05, 3.63) is 105 Å². The third-order valence-corrected chi connectivity index (χ3v) is 7.34. The third kappa shape index (κ3) is 5.26. The van der Waals surface area contributed by atoms with Gasteiger partial charge >= 0.3 is 0 Å². The molecule has 0 spiro atoms. The summed E-state index contributed by atoms with van der Waals surface area (Å²) < 4.78 is 5.88. The van der Waals surface area contributed by atoms with Crippen molar-refractivity contribution in [2.75, 3.05) is 6.54 Å². The number of nitro groups is 1. The predicted molar refractivity (Wildman–Crippen MR) is 148 cm³/mol. The lowest BCUT2D eigenvalue weighted by molar-refractivity contribution is -0.384. The molecule has 1 aliphatic rings. The standard InChI is InChI=1S/C26H17ClN4O4S2/c1-2-12-30-24(32)23(37-26(30)29-25-28-21(15-36-25)16-6-4-3-5-7-16)14-18-9-11-22(35-18)19-10-8-17(31(33)34)13-20(19)27/h2-11,13-15H,1,12H2/b23-14+,29-26+. The van der Waals surface area contributed by atoms with E-state index in [2.05, 4.69) is 16.6 Å². The number of amides is 1. The number of hydrogen-bond acceptors (Lipinski definition) is 8. The maximum absolute atomic E-state index is 13.1. The SMILES string of the molecule is C=CCN1C(=O)/C(=C\c2ccc(-c3ccc([N+](=O)[O-])cc3Cl)o2)S/C1=N/c1nc(-c2ccccc2)cs1. The number of rotatable bonds is 7. The lowest BCUT2D eigenvalue weighted by Crippen LogP contribution is -2.29. The molecule has 0 radical (unpaired) electrons. The Morgan fingerprint density at radius 2 is 2.00 bits per heavy atom. The molecule has 1 aliphatic heterocycles. The van der Waals surface area contributed by atoms with Crippen LogP contribution in [0.2, 0.25) is 5.02 Å². The molecular formula is C26H17ClN4O4S2. The number of thiazole rings is 1. The number of benzene rings is 2. The van der Waals surface area contributed by atoms with Crippen molar-refractivity contribution in [1.29, 1.82) is 0 Å². The number of non-ortho nitro benzene ring substituents is 1. The van der Waals surface area contributed by atoms with E-state index in [0.29, 0.717) is 38.8 Å². The Balaban J connectivity index is 1.41. The van der Waals surface area contributed by atoms with E-state index in [-0.39, 0.29) is 16.6 Å². The van der Waals surface area contributed by atoms with Gasteiger partial charge in [0.15, 0.2) is 5.17 Å². The van der Waals surface area contributed by atoms with Crippen molar-refractivity contribution in [2.45, 2.75) is 0 Å². The highest BCUT2D eigenvalue weighted by molar-refractivity contribution is 8.18. The van der Waals surface area contributed by atoms with Crippen molar-refractivity contribution in [3.8, 4) is 22.6 Å². The maximum Gasteiger partial charge on any atom is 0.270 e. The fourth-order valence-corrected chi connectivity index (χ4v) is 5.53. The van der Waals surface area contributed by atoms with Gasteiger partial charge in [-0.1, -0.05) is 48.0 Å². The molecule has 0 atom stereocenters. The number of amidine groups is 1. The molecule has 4 aromatic rings. The van der Waals surface area contributed by atoms with Gasteiger partial charge in [0.25, 0.3) is 11.6 Å². The van der Waals surface area contributed by atoms with E-state index in [0.717, 1.165) is 11.3 Å². The Morgan fingerprint density at radius 3 is 2.73 bits per heavy atom. The molecule has 1 amide bonds. The zero-order valence-electron chi connectivity index (χ0n) is 19.0. The first-order valence-electron chi connectivity index (χ1n) is 10.9. The lowest BCUT2D eigenvalue weighted by atomic mass is 10.1. The van der Waals surface area contributed by atoms with Crippen molar-refractivity contribution < 1.29 is 14.1 Å². The number of carbonyl (C=O) groups is 1. The van der Waals surface area contributed by atoms with Crippen LogP contribution in [0, 0.1) is 10.1 Å². The van der Waals surface area contributed by atoms with Crippen LogP contribution in [0.3, 0.4) is 0 Å². The molecule has 0 saturated carbocycles. The highest BCUT2D eigenvalue weighted by Crippen LogP contribution is 2.37. The van der Waals surface area contributed by atoms with Gasteiger partial charge in [0.05, 0.1) is 20.5 Å². The molecule has 0 unspecified atom stereocenters. The van der Waals surface area contributed by atoms with Crippen molar-refractivity contribution in [2.24, 2.45) is 4.99 Å². The average Bonchev–Trinajstić information content (AvgIpc) is 3.62. The van der Waals surface area contributed by atoms with E-state index < -0.39 is 4.92 Å². The molecule has 184 valence electrons. The molecular weight excluding hydrogens is 532 g/mol. The van der Waals surface area contributed by atoms with E-state index in [9.17, 15) is 14.9 Å². The van der Waals surface area contributed by atoms with E-state index >= 15 is 0 Å². The topological polar surface area (TPSA) is 102 Å². The predicted octanol–water partition coefficient (Wildman–Crippen LogP) is 7.42. The fraction of sp³-hybridized carbons (Fsp3) is 0.0385. The number of furan rings is 1. The molecule has 0 N–H and O–H groups in total. The fourth-order valence-electron chi connectivity index (χ4n) is 3.54. The summed E-state index contributed by atoms with van der Waals surface area (Å²) in [5.74, 6) is 0.630. The van der Waals surface area contributed by atoms with Crippen LogP contribution in [0.25, 0.3) is 28.7 Å². The molecule has 3 heterocycles. The number of carbonyl (C=O) groups excluding carboxylic acids is 1. The summed E-state index contributed by atoms with van der Waals surface area (Å²) in [4.78, 5) is 34.8. The van der Waals surface area contributed by atoms with Gasteiger partial charge < -0.3 is 4.42 Å². The third-order valence-electron chi connectivity index (χ3n) is 5.28. The second kappa shape index (κ2) is 10.6. The Kier molecular flexibility index (Phi) is 7.04. The summed E-state index contributed by atoms with van der Waals surface area (Å²) in [6, 6.07) is 17.4. The first-order valence-corrected chi connectivity index (χ1v) is 13.0. The van der Waals surface area contributed by atoms with Crippen LogP contribution in [0.5, 0.6) is 0 Å². The molecule has 0 bridgehead atoms. The number of halogens is 1. The molecule has 37 heavy (non-hydrogen) atoms. The minimum Gasteiger partial charge on any atom is -0.457 e. The highest BCUT2D eigenvalue weighted by atomic mass is 35.5. The summed E-state index contributed by atoms with van der Waals surface area (Å²) >= 11 is 8.84. The molecule has 2 aromatic heterocycles. The minimum atomic E-state index is -0.515. The molecule has 5 rings (SSSR count). The van der Waals surface area contributed by atoms with Crippen molar-refractivity contribution in [3.63, 3.8) is 0 Å². The van der Waals surface area contributed by atoms with Crippen LogP contribution in [0.1, 0.15) is 5.76 Å². The Hall–Kier alpha value is -3.99. The zero-order chi connectivity index (χ0) is 25.9. The summed E-state index contributed by atoms with van der Waals surface area (Å²) in [6.45, 7) is 4.04. The normalized spacial score (nSPS) is 15.6. The minimum absolute atomic E-state index is 0.110. The number of hydrogen-bond donors (Lipinski definition) is 0. The average molecular weight is 549 g/mol. The smallest absolute Gasteiger partial charge is 0.270 e. The van der Waals surface area contributed by atoms with Gasteiger partial charge in [0, 0.05) is 41.3 Å². The molecule has 1 saturated heterocycles. The monoisotopic (exact) mass is 548 g/mol. The second-order valence-corrected chi connectivity index (χ2v) is 9.97. The Morgan fingerprint density at radius 1 is 1.19 bits per heavy atom. The number of aliphatic imine (C=N–C) groups is 1. The summed E-state index contributed by atoms with van der Waals surface area (Å²) in [7, 11) is 0. The van der Waals surface area contributed by atoms with Gasteiger partial charge in [0.1, 0.15) is 11.5 Å². The molecule has 2 aromatic carbocycles. The van der Waals surface area contributed by atoms with Crippen LogP contribution in [-0.4, -0.2) is 32.4 Å². The van der Waals surface area contributed by atoms with E-state index in [1.165, 1.54) is 46.2 Å². The summed E-state index contributed by atoms with van der Waals surface area (Å²) in [5.41, 5.74) is 2.21. The van der Waals surface area contributed by atoms with Crippen LogP contribution < -0.4 is 0 Å². The second-order valence-electron chi connectivity index (χ2n) is 7.71. The number of thioether (sulfide) groups is 1. The van der Waals surface area contributed by atoms with Crippen LogP contribution >= 0.6 is 34.7 Å². The maximum atomic E-state index is 13.1. The summed E-state index contributed by atoms with van der Waals surface area (Å²) in [5, 5.41) is 14.1. The van der Waals surface area contributed by atoms with Crippen LogP contribution in [0.15, 0.2) is 93.0 Å². The first-order chi connectivity index (χ1) is 17.9. The van der Waals surface area contributed by atoms with E-state index in [4.69, 9.17) is 16.0 Å². The van der Waals surface area contributed by atoms with Gasteiger partial charge in [-0.3, -0.25) is 19.8 Å². The lowest BCUT2D eigenvalue weighted by Gasteiger charge is -2.11. The molecule has 8 nitrogen and oxygen atoms in total. The number of aromatic nitrogens is 1. The highest BCUT2D eigenvalue weighted by Gasteiger charge is 2.33. The van der Waals surface area contributed by atoms with Gasteiger partial charge in [-0.15, -0.1) is 17.9 Å². The van der Waals surface area contributed by atoms with Gasteiger partial charge in [-0.2, -0.15) is 4.99 Å². The first kappa shape index (κ1) is 24.7. The van der Waals surface area contributed by atoms with E-state index in [1.807, 2.05) is 35.7 Å². The molecule has 11 heteroatoms. The number of nitrogens with zero attached hydrogens (tertiary/aromatic N) is 4. The quantitative estimate of drug-likeness (QED) is 0.103. The summed E-state index contributed by atoms with van der Waals surface area (Å²) in [6.07, 6.45) is 3.27. The van der Waals surface area contributed by atoms with Crippen molar-refractivity contribution >= 4 is 62.7 Å². The Labute approximate surface area is 224 Å². The van der Waals surface area contributed by atoms with Crippen molar-refractivity contribution in [1.82, 2.24) is 9.88 Å².